The van der Waals surface area contributed by atoms with E-state index in [1.807, 2.05) is 0 Å². The van der Waals surface area contributed by atoms with Crippen molar-refractivity contribution in [3.8, 4) is 11.4 Å². The highest BCUT2D eigenvalue weighted by Crippen LogP contribution is 2.31. The lowest BCUT2D eigenvalue weighted by atomic mass is 10.0. The molecule has 1 unspecified atom stereocenters. The van der Waals surface area contributed by atoms with E-state index in [1.54, 1.807) is 0 Å². The van der Waals surface area contributed by atoms with Crippen molar-refractivity contribution in [1.29, 1.82) is 0 Å². The topological polar surface area (TPSA) is 98.5 Å². The van der Waals surface area contributed by atoms with Crippen molar-refractivity contribution in [3.63, 3.8) is 0 Å². The molecule has 0 saturated carbocycles. The van der Waals surface area contributed by atoms with Gasteiger partial charge in [-0.3, -0.25) is 9.36 Å². The fourth-order valence-electron chi connectivity index (χ4n) is 4.15. The molecule has 9 nitrogen and oxygen atoms in total. The quantitative estimate of drug-likeness (QED) is 0.358. The number of ether oxygens (including phenoxy) is 1. The first-order valence-corrected chi connectivity index (χ1v) is 12.5. The average Bonchev–Trinajstić information content (AvgIpc) is 3.44. The Balaban J connectivity index is 1.62. The number of halogens is 7. The second-order valence-corrected chi connectivity index (χ2v) is 9.53. The van der Waals surface area contributed by atoms with Gasteiger partial charge in [0.05, 0.1) is 24.6 Å². The van der Waals surface area contributed by atoms with Crippen molar-refractivity contribution in [3.05, 3.63) is 75.2 Å². The van der Waals surface area contributed by atoms with Crippen LogP contribution in [-0.4, -0.2) is 57.1 Å². The van der Waals surface area contributed by atoms with Crippen LogP contribution in [0.3, 0.4) is 0 Å². The third-order valence-electron chi connectivity index (χ3n) is 6.14. The summed E-state index contributed by atoms with van der Waals surface area (Å²) in [6, 6.07) is 8.78. The number of hydrogen-bond donors (Lipinski definition) is 1. The van der Waals surface area contributed by atoms with E-state index in [-0.39, 0.29) is 36.6 Å². The molecule has 1 atom stereocenters. The van der Waals surface area contributed by atoms with Gasteiger partial charge in [-0.25, -0.2) is 14.3 Å². The van der Waals surface area contributed by atoms with Gasteiger partial charge in [0.2, 0.25) is 5.91 Å². The zero-order chi connectivity index (χ0) is 29.9. The Morgan fingerprint density at radius 3 is 2.39 bits per heavy atom. The molecular weight excluding hydrogens is 584 g/mol. The van der Waals surface area contributed by atoms with Gasteiger partial charge in [0.15, 0.2) is 5.82 Å². The third-order valence-corrected chi connectivity index (χ3v) is 6.39. The van der Waals surface area contributed by atoms with Gasteiger partial charge >= 0.3 is 24.1 Å². The van der Waals surface area contributed by atoms with Crippen LogP contribution in [-0.2, 0) is 28.8 Å². The summed E-state index contributed by atoms with van der Waals surface area (Å²) in [5, 5.41) is 6.89. The number of nitrogens with one attached hydrogen (secondary N) is 1. The number of cyclic esters (lactones) is 1. The molecule has 1 aliphatic rings. The zero-order valence-electron chi connectivity index (χ0n) is 21.0. The normalized spacial score (nSPS) is 14.7. The second-order valence-electron chi connectivity index (χ2n) is 9.09. The summed E-state index contributed by atoms with van der Waals surface area (Å²) in [5.74, 6) is -1.02. The van der Waals surface area contributed by atoms with E-state index in [1.165, 1.54) is 35.2 Å². The van der Waals surface area contributed by atoms with Crippen LogP contribution in [0.15, 0.2) is 53.3 Å². The summed E-state index contributed by atoms with van der Waals surface area (Å²) in [7, 11) is 0. The fourth-order valence-corrected chi connectivity index (χ4v) is 4.28. The lowest BCUT2D eigenvalue weighted by Gasteiger charge is -2.24. The van der Waals surface area contributed by atoms with Gasteiger partial charge < -0.3 is 15.0 Å². The maximum Gasteiger partial charge on any atom is 0.416 e. The number of nitrogens with zero attached hydrogens (tertiary/aromatic N) is 4. The van der Waals surface area contributed by atoms with Crippen LogP contribution < -0.4 is 11.0 Å². The standard InChI is InChI=1S/C25H22ClF6N5O4/c26-18-6-4-15(5-7-18)21-34-37(22(39)36(21)9-8-24(27,28)29)14-20(38)33-19(13-35-10-11-41-23(35)40)16-2-1-3-17(12-16)25(30,31)32/h1-7,12,19H,8-11,13-14H2,(H,33,38). The summed E-state index contributed by atoms with van der Waals surface area (Å²) in [6.07, 6.45) is -11.3. The predicted molar refractivity (Wildman–Crippen MR) is 133 cm³/mol. The molecule has 0 aliphatic carbocycles. The molecule has 41 heavy (non-hydrogen) atoms. The van der Waals surface area contributed by atoms with E-state index in [4.69, 9.17) is 16.3 Å². The van der Waals surface area contributed by atoms with Gasteiger partial charge in [0.25, 0.3) is 0 Å². The summed E-state index contributed by atoms with van der Waals surface area (Å²) in [4.78, 5) is 39.2. The highest BCUT2D eigenvalue weighted by atomic mass is 35.5. The lowest BCUT2D eigenvalue weighted by Crippen LogP contribution is -2.41. The second kappa shape index (κ2) is 11.8. The number of rotatable bonds is 9. The van der Waals surface area contributed by atoms with Crippen LogP contribution in [0.1, 0.15) is 23.6 Å². The maximum absolute atomic E-state index is 13.3. The Morgan fingerprint density at radius 1 is 1.07 bits per heavy atom. The van der Waals surface area contributed by atoms with Crippen molar-refractivity contribution in [2.45, 2.75) is 37.9 Å². The molecule has 1 aliphatic heterocycles. The Kier molecular flexibility index (Phi) is 8.66. The SMILES string of the molecule is O=C(Cn1nc(-c2ccc(Cl)cc2)n(CCC(F)(F)F)c1=O)NC(CN1CCOC1=O)c1cccc(C(F)(F)F)c1. The number of carbonyl (C=O) groups excluding carboxylic acids is 2. The van der Waals surface area contributed by atoms with E-state index in [0.29, 0.717) is 9.70 Å². The van der Waals surface area contributed by atoms with Gasteiger partial charge in [-0.1, -0.05) is 23.7 Å². The first kappa shape index (κ1) is 30.0. The van der Waals surface area contributed by atoms with Crippen LogP contribution in [0.2, 0.25) is 5.02 Å². The molecule has 1 N–H and O–H groups in total. The molecule has 220 valence electrons. The number of carbonyl (C=O) groups is 2. The van der Waals surface area contributed by atoms with Gasteiger partial charge in [-0.15, -0.1) is 5.10 Å². The minimum atomic E-state index is -4.67. The molecule has 0 bridgehead atoms. The molecule has 1 saturated heterocycles. The fraction of sp³-hybridized carbons (Fsp3) is 0.360. The first-order valence-electron chi connectivity index (χ1n) is 12.1. The van der Waals surface area contributed by atoms with Crippen LogP contribution >= 0.6 is 11.6 Å². The molecule has 3 aromatic rings. The van der Waals surface area contributed by atoms with Crippen LogP contribution in [0.5, 0.6) is 0 Å². The van der Waals surface area contributed by atoms with Crippen molar-refractivity contribution >= 4 is 23.6 Å². The van der Waals surface area contributed by atoms with Gasteiger partial charge in [-0.05, 0) is 42.0 Å². The minimum Gasteiger partial charge on any atom is -0.448 e. The molecular formula is C25H22ClF6N5O4. The molecule has 2 amide bonds. The summed E-state index contributed by atoms with van der Waals surface area (Å²) < 4.78 is 85.1. The average molecular weight is 606 g/mol. The largest absolute Gasteiger partial charge is 0.448 e. The zero-order valence-corrected chi connectivity index (χ0v) is 21.8. The Labute approximate surface area is 233 Å². The molecule has 16 heteroatoms. The van der Waals surface area contributed by atoms with Crippen LogP contribution in [0.25, 0.3) is 11.4 Å². The predicted octanol–water partition coefficient (Wildman–Crippen LogP) is 4.65. The van der Waals surface area contributed by atoms with Crippen molar-refractivity contribution in [1.82, 2.24) is 24.6 Å². The molecule has 2 aromatic carbocycles. The Bertz CT molecular complexity index is 1470. The summed E-state index contributed by atoms with van der Waals surface area (Å²) >= 11 is 5.88. The molecule has 4 rings (SSSR count). The van der Waals surface area contributed by atoms with E-state index in [9.17, 15) is 40.7 Å². The third kappa shape index (κ3) is 7.60. The molecule has 1 fully saturated rings. The first-order chi connectivity index (χ1) is 19.2. The highest BCUT2D eigenvalue weighted by Gasteiger charge is 2.33. The highest BCUT2D eigenvalue weighted by molar-refractivity contribution is 6.30. The van der Waals surface area contributed by atoms with E-state index in [0.717, 1.165) is 22.8 Å². The van der Waals surface area contributed by atoms with E-state index >= 15 is 0 Å². The number of aromatic nitrogens is 3. The van der Waals surface area contributed by atoms with Crippen LogP contribution in [0.4, 0.5) is 31.1 Å². The Hall–Kier alpha value is -4.01. The number of amides is 2. The maximum atomic E-state index is 13.3. The van der Waals surface area contributed by atoms with Crippen molar-refractivity contribution in [2.24, 2.45) is 0 Å². The van der Waals surface area contributed by atoms with Gasteiger partial charge in [0, 0.05) is 23.7 Å². The molecule has 2 heterocycles. The van der Waals surface area contributed by atoms with Crippen molar-refractivity contribution < 1.29 is 40.7 Å². The Morgan fingerprint density at radius 2 is 1.78 bits per heavy atom. The number of alkyl halides is 6. The summed E-state index contributed by atoms with van der Waals surface area (Å²) in [5.41, 5.74) is -1.70. The monoisotopic (exact) mass is 605 g/mol. The minimum absolute atomic E-state index is 0.0257. The van der Waals surface area contributed by atoms with E-state index in [2.05, 4.69) is 10.4 Å². The molecule has 0 spiro atoms. The van der Waals surface area contributed by atoms with Gasteiger partial charge in [-0.2, -0.15) is 26.3 Å². The molecule has 1 aromatic heterocycles. The van der Waals surface area contributed by atoms with Crippen molar-refractivity contribution in [2.75, 3.05) is 19.7 Å². The van der Waals surface area contributed by atoms with Gasteiger partial charge in [0.1, 0.15) is 13.2 Å². The number of benzene rings is 2. The lowest BCUT2D eigenvalue weighted by molar-refractivity contribution is -0.138. The smallest absolute Gasteiger partial charge is 0.416 e. The molecule has 0 radical (unpaired) electrons. The number of hydrogen-bond acceptors (Lipinski definition) is 5. The van der Waals surface area contributed by atoms with Crippen LogP contribution in [0, 0.1) is 0 Å². The summed E-state index contributed by atoms with van der Waals surface area (Å²) in [6.45, 7) is -1.58. The van der Waals surface area contributed by atoms with E-state index < -0.39 is 61.2 Å².